The van der Waals surface area contributed by atoms with Crippen molar-refractivity contribution < 1.29 is 28.6 Å². The van der Waals surface area contributed by atoms with Crippen LogP contribution >= 0.6 is 0 Å². The molecule has 1 atom stereocenters. The van der Waals surface area contributed by atoms with Crippen LogP contribution < -0.4 is 0 Å². The molecule has 0 fully saturated rings. The maximum Gasteiger partial charge on any atom is 0.306 e. The minimum Gasteiger partial charge on any atom is -0.462 e. The Morgan fingerprint density at radius 2 is 0.500 bits per heavy atom. The lowest BCUT2D eigenvalue weighted by molar-refractivity contribution is -0.167. The van der Waals surface area contributed by atoms with E-state index < -0.39 is 6.10 Å². The first-order valence-corrected chi connectivity index (χ1v) is 24.0. The van der Waals surface area contributed by atoms with Crippen LogP contribution in [0.5, 0.6) is 0 Å². The summed E-state index contributed by atoms with van der Waals surface area (Å²) in [7, 11) is 0. The molecule has 6 nitrogen and oxygen atoms in total. The normalized spacial score (nSPS) is 11.8. The standard InChI is InChI=1S/C48H92O6/c1-4-7-10-13-16-19-22-24-26-29-32-35-38-41-47(50)53-44-45(43-52-46(49)40-37-34-31-28-21-18-15-12-9-6-3)54-48(51)42-39-36-33-30-27-25-23-20-17-14-11-8-5-2/h45H,4-44H2,1-3H3/t45-/m1/s1. The molecule has 0 aliphatic rings. The van der Waals surface area contributed by atoms with Gasteiger partial charge in [0.2, 0.25) is 0 Å². The number of hydrogen-bond acceptors (Lipinski definition) is 6. The van der Waals surface area contributed by atoms with E-state index in [0.29, 0.717) is 19.3 Å². The third kappa shape index (κ3) is 41.6. The highest BCUT2D eigenvalue weighted by Gasteiger charge is 2.19. The molecule has 0 heterocycles. The van der Waals surface area contributed by atoms with E-state index in [4.69, 9.17) is 14.2 Å². The summed E-state index contributed by atoms with van der Waals surface area (Å²) in [5.41, 5.74) is 0. The van der Waals surface area contributed by atoms with Crippen molar-refractivity contribution in [3.05, 3.63) is 0 Å². The van der Waals surface area contributed by atoms with Gasteiger partial charge in [0, 0.05) is 19.3 Å². The van der Waals surface area contributed by atoms with E-state index in [1.165, 1.54) is 173 Å². The van der Waals surface area contributed by atoms with E-state index in [-0.39, 0.29) is 31.1 Å². The summed E-state index contributed by atoms with van der Waals surface area (Å²) in [6.07, 6.45) is 45.1. The first kappa shape index (κ1) is 52.4. The van der Waals surface area contributed by atoms with E-state index >= 15 is 0 Å². The average molecular weight is 765 g/mol. The molecule has 0 saturated heterocycles. The van der Waals surface area contributed by atoms with Crippen LogP contribution in [0, 0.1) is 0 Å². The molecule has 0 aliphatic carbocycles. The van der Waals surface area contributed by atoms with E-state index in [2.05, 4.69) is 20.8 Å². The number of carbonyl (C=O) groups excluding carboxylic acids is 3. The van der Waals surface area contributed by atoms with Gasteiger partial charge in [-0.25, -0.2) is 0 Å². The Bertz CT molecular complexity index is 798. The molecular formula is C48H92O6. The molecule has 0 rings (SSSR count). The van der Waals surface area contributed by atoms with Crippen LogP contribution in [0.4, 0.5) is 0 Å². The van der Waals surface area contributed by atoms with Gasteiger partial charge in [0.05, 0.1) is 0 Å². The van der Waals surface area contributed by atoms with Crippen LogP contribution in [0.25, 0.3) is 0 Å². The zero-order chi connectivity index (χ0) is 39.4. The minimum atomic E-state index is -0.758. The second-order valence-corrected chi connectivity index (χ2v) is 16.4. The average Bonchev–Trinajstić information content (AvgIpc) is 3.17. The molecule has 0 aromatic heterocycles. The molecule has 320 valence electrons. The van der Waals surface area contributed by atoms with Crippen LogP contribution in [-0.4, -0.2) is 37.2 Å². The Hall–Kier alpha value is -1.59. The zero-order valence-electron chi connectivity index (χ0n) is 36.5. The second-order valence-electron chi connectivity index (χ2n) is 16.4. The summed E-state index contributed by atoms with van der Waals surface area (Å²) in [6.45, 7) is 6.65. The molecule has 0 saturated carbocycles. The number of esters is 3. The molecule has 0 N–H and O–H groups in total. The molecule has 0 aliphatic heterocycles. The topological polar surface area (TPSA) is 78.9 Å². The fourth-order valence-corrected chi connectivity index (χ4v) is 7.21. The largest absolute Gasteiger partial charge is 0.462 e. The van der Waals surface area contributed by atoms with Gasteiger partial charge in [-0.2, -0.15) is 0 Å². The summed E-state index contributed by atoms with van der Waals surface area (Å²) < 4.78 is 16.7. The summed E-state index contributed by atoms with van der Waals surface area (Å²) >= 11 is 0. The lowest BCUT2D eigenvalue weighted by atomic mass is 10.0. The van der Waals surface area contributed by atoms with Crippen LogP contribution in [0.3, 0.4) is 0 Å². The van der Waals surface area contributed by atoms with Crippen molar-refractivity contribution in [1.29, 1.82) is 0 Å². The smallest absolute Gasteiger partial charge is 0.306 e. The summed E-state index contributed by atoms with van der Waals surface area (Å²) in [4.78, 5) is 37.7. The quantitative estimate of drug-likeness (QED) is 0.0349. The van der Waals surface area contributed by atoms with Crippen molar-refractivity contribution in [3.63, 3.8) is 0 Å². The monoisotopic (exact) mass is 765 g/mol. The summed E-state index contributed by atoms with van der Waals surface area (Å²) in [5.74, 6) is -0.848. The Labute approximate surface area is 336 Å². The predicted molar refractivity (Wildman–Crippen MR) is 229 cm³/mol. The van der Waals surface area contributed by atoms with Gasteiger partial charge in [0.25, 0.3) is 0 Å². The molecule has 0 spiro atoms. The molecule has 0 radical (unpaired) electrons. The lowest BCUT2D eigenvalue weighted by Gasteiger charge is -2.18. The highest BCUT2D eigenvalue weighted by molar-refractivity contribution is 5.71. The van der Waals surface area contributed by atoms with Crippen molar-refractivity contribution in [2.24, 2.45) is 0 Å². The SMILES string of the molecule is CCCCCCCCCCCCCCCC(=O)OC[C@@H](COC(=O)CCCCCCCCCCCC)OC(=O)CCCCCCCCCCCCCCC. The van der Waals surface area contributed by atoms with Crippen molar-refractivity contribution >= 4 is 17.9 Å². The van der Waals surface area contributed by atoms with Gasteiger partial charge in [-0.1, -0.05) is 233 Å². The van der Waals surface area contributed by atoms with Gasteiger partial charge >= 0.3 is 17.9 Å². The van der Waals surface area contributed by atoms with Gasteiger partial charge in [-0.3, -0.25) is 14.4 Å². The zero-order valence-corrected chi connectivity index (χ0v) is 36.5. The number of unbranched alkanes of at least 4 members (excludes halogenated alkanes) is 33. The highest BCUT2D eigenvalue weighted by atomic mass is 16.6. The molecule has 0 aromatic rings. The number of hydrogen-bond donors (Lipinski definition) is 0. The fourth-order valence-electron chi connectivity index (χ4n) is 7.21. The van der Waals surface area contributed by atoms with E-state index in [0.717, 1.165) is 57.8 Å². The third-order valence-electron chi connectivity index (χ3n) is 10.9. The first-order chi connectivity index (χ1) is 26.5. The third-order valence-corrected chi connectivity index (χ3v) is 10.9. The van der Waals surface area contributed by atoms with Crippen LogP contribution in [0.2, 0.25) is 0 Å². The molecule has 54 heavy (non-hydrogen) atoms. The minimum absolute atomic E-state index is 0.0623. The second kappa shape index (κ2) is 44.1. The van der Waals surface area contributed by atoms with Gasteiger partial charge in [-0.15, -0.1) is 0 Å². The van der Waals surface area contributed by atoms with Crippen molar-refractivity contribution in [2.75, 3.05) is 13.2 Å². The van der Waals surface area contributed by atoms with Crippen molar-refractivity contribution in [1.82, 2.24) is 0 Å². The molecule has 0 unspecified atom stereocenters. The Balaban J connectivity index is 4.31. The predicted octanol–water partition coefficient (Wildman–Crippen LogP) is 15.3. The Morgan fingerprint density at radius 3 is 0.741 bits per heavy atom. The maximum absolute atomic E-state index is 12.7. The molecule has 0 amide bonds. The summed E-state index contributed by atoms with van der Waals surface area (Å²) in [6, 6.07) is 0. The van der Waals surface area contributed by atoms with Gasteiger partial charge in [0.1, 0.15) is 13.2 Å². The van der Waals surface area contributed by atoms with Crippen molar-refractivity contribution in [2.45, 2.75) is 277 Å². The first-order valence-electron chi connectivity index (χ1n) is 24.0. The van der Waals surface area contributed by atoms with E-state index in [1.54, 1.807) is 0 Å². The lowest BCUT2D eigenvalue weighted by Crippen LogP contribution is -2.30. The van der Waals surface area contributed by atoms with Gasteiger partial charge in [-0.05, 0) is 19.3 Å². The Morgan fingerprint density at radius 1 is 0.296 bits per heavy atom. The fraction of sp³-hybridized carbons (Fsp3) is 0.938. The van der Waals surface area contributed by atoms with Crippen LogP contribution in [0.15, 0.2) is 0 Å². The number of carbonyl (C=O) groups is 3. The van der Waals surface area contributed by atoms with E-state index in [1.807, 2.05) is 0 Å². The van der Waals surface area contributed by atoms with Gasteiger partial charge in [0.15, 0.2) is 6.10 Å². The summed E-state index contributed by atoms with van der Waals surface area (Å²) in [5, 5.41) is 0. The van der Waals surface area contributed by atoms with Gasteiger partial charge < -0.3 is 14.2 Å². The Kier molecular flexibility index (Phi) is 42.8. The van der Waals surface area contributed by atoms with Crippen molar-refractivity contribution in [3.8, 4) is 0 Å². The maximum atomic E-state index is 12.7. The molecule has 0 aromatic carbocycles. The van der Waals surface area contributed by atoms with Crippen LogP contribution in [0.1, 0.15) is 271 Å². The number of ether oxygens (including phenoxy) is 3. The molecular weight excluding hydrogens is 673 g/mol. The number of rotatable bonds is 44. The highest BCUT2D eigenvalue weighted by Crippen LogP contribution is 2.16. The van der Waals surface area contributed by atoms with E-state index in [9.17, 15) is 14.4 Å². The van der Waals surface area contributed by atoms with Crippen LogP contribution in [-0.2, 0) is 28.6 Å². The molecule has 6 heteroatoms. The molecule has 0 bridgehead atoms.